The van der Waals surface area contributed by atoms with E-state index in [4.69, 9.17) is 19.5 Å². The first kappa shape index (κ1) is 27.0. The highest BCUT2D eigenvalue weighted by Crippen LogP contribution is 2.40. The van der Waals surface area contributed by atoms with Gasteiger partial charge in [-0.25, -0.2) is 9.97 Å². The van der Waals surface area contributed by atoms with Crippen LogP contribution in [-0.4, -0.2) is 61.6 Å². The van der Waals surface area contributed by atoms with E-state index in [-0.39, 0.29) is 11.3 Å². The zero-order valence-electron chi connectivity index (χ0n) is 24.9. The Morgan fingerprint density at radius 3 is 2.55 bits per heavy atom. The number of amides is 1. The van der Waals surface area contributed by atoms with E-state index in [0.717, 1.165) is 88.1 Å². The van der Waals surface area contributed by atoms with Crippen molar-refractivity contribution < 1.29 is 9.21 Å². The summed E-state index contributed by atoms with van der Waals surface area (Å²) in [6, 6.07) is 22.8. The van der Waals surface area contributed by atoms with E-state index in [0.29, 0.717) is 23.0 Å². The Hall–Kier alpha value is -4.56. The molecule has 222 valence electrons. The van der Waals surface area contributed by atoms with Gasteiger partial charge in [0.05, 0.1) is 23.7 Å². The first-order valence-corrected chi connectivity index (χ1v) is 15.8. The Kier molecular flexibility index (Phi) is 6.86. The molecule has 0 saturated carbocycles. The summed E-state index contributed by atoms with van der Waals surface area (Å²) in [6.45, 7) is 4.57. The standard InChI is InChI=1S/C36H36N6O2/c43-34(41-19-8-17-36(25-41)16-7-18-40(24-36)23-26-9-2-1-3-10-26)30-22-38-42(33(30)31-13-6-20-44-31)35-37-21-28-15-14-27-11-4-5-12-29(27)32(28)39-35/h1-6,9-13,20-22H,7-8,14-19,23-25H2. The van der Waals surface area contributed by atoms with Crippen molar-refractivity contribution in [2.45, 2.75) is 45.1 Å². The lowest BCUT2D eigenvalue weighted by atomic mass is 9.73. The molecule has 2 saturated heterocycles. The van der Waals surface area contributed by atoms with Crippen LogP contribution in [-0.2, 0) is 19.4 Å². The largest absolute Gasteiger partial charge is 0.463 e. The summed E-state index contributed by atoms with van der Waals surface area (Å²) in [4.78, 5) is 28.7. The second-order valence-electron chi connectivity index (χ2n) is 12.6. The van der Waals surface area contributed by atoms with E-state index in [1.54, 1.807) is 17.1 Å². The molecule has 8 rings (SSSR count). The molecule has 1 spiro atoms. The Bertz CT molecular complexity index is 1790. The van der Waals surface area contributed by atoms with Crippen LogP contribution >= 0.6 is 0 Å². The molecule has 8 heteroatoms. The van der Waals surface area contributed by atoms with Crippen molar-refractivity contribution in [2.24, 2.45) is 5.41 Å². The average Bonchev–Trinajstić information content (AvgIpc) is 3.75. The van der Waals surface area contributed by atoms with Crippen molar-refractivity contribution in [3.05, 3.63) is 108 Å². The van der Waals surface area contributed by atoms with Crippen LogP contribution in [0.4, 0.5) is 0 Å². The fraction of sp³-hybridized carbons (Fsp3) is 0.333. The molecular weight excluding hydrogens is 548 g/mol. The van der Waals surface area contributed by atoms with Crippen LogP contribution in [0.2, 0.25) is 0 Å². The highest BCUT2D eigenvalue weighted by atomic mass is 16.3. The van der Waals surface area contributed by atoms with Crippen LogP contribution in [0, 0.1) is 5.41 Å². The summed E-state index contributed by atoms with van der Waals surface area (Å²) in [7, 11) is 0. The smallest absolute Gasteiger partial charge is 0.257 e. The predicted molar refractivity (Wildman–Crippen MR) is 168 cm³/mol. The summed E-state index contributed by atoms with van der Waals surface area (Å²) in [5.74, 6) is 1.00. The molecule has 44 heavy (non-hydrogen) atoms. The maximum Gasteiger partial charge on any atom is 0.257 e. The van der Waals surface area contributed by atoms with Crippen LogP contribution < -0.4 is 0 Å². The molecule has 1 amide bonds. The highest BCUT2D eigenvalue weighted by Gasteiger charge is 2.41. The topological polar surface area (TPSA) is 80.3 Å². The Labute approximate surface area is 257 Å². The van der Waals surface area contributed by atoms with Gasteiger partial charge in [-0.05, 0) is 73.9 Å². The Morgan fingerprint density at radius 1 is 0.864 bits per heavy atom. The number of carbonyl (C=O) groups excluding carboxylic acids is 1. The van der Waals surface area contributed by atoms with Crippen LogP contribution in [0.3, 0.4) is 0 Å². The minimum Gasteiger partial charge on any atom is -0.463 e. The fourth-order valence-corrected chi connectivity index (χ4v) is 7.63. The number of fused-ring (bicyclic) bond motifs is 3. The third-order valence-corrected chi connectivity index (χ3v) is 9.67. The number of hydrogen-bond donors (Lipinski definition) is 0. The number of aromatic nitrogens is 4. The van der Waals surface area contributed by atoms with Gasteiger partial charge in [0.15, 0.2) is 5.76 Å². The summed E-state index contributed by atoms with van der Waals surface area (Å²) < 4.78 is 7.55. The minimum absolute atomic E-state index is 0.00906. The van der Waals surface area contributed by atoms with Gasteiger partial charge in [0.2, 0.25) is 0 Å². The molecule has 8 nitrogen and oxygen atoms in total. The van der Waals surface area contributed by atoms with Crippen molar-refractivity contribution in [1.82, 2.24) is 29.5 Å². The molecule has 3 aromatic heterocycles. The summed E-state index contributed by atoms with van der Waals surface area (Å²) in [5.41, 5.74) is 7.05. The minimum atomic E-state index is -0.00906. The van der Waals surface area contributed by atoms with Crippen molar-refractivity contribution in [1.29, 1.82) is 0 Å². The number of furan rings is 1. The van der Waals surface area contributed by atoms with Gasteiger partial charge in [0, 0.05) is 43.4 Å². The van der Waals surface area contributed by atoms with E-state index in [9.17, 15) is 4.79 Å². The monoisotopic (exact) mass is 584 g/mol. The van der Waals surface area contributed by atoms with Crippen molar-refractivity contribution in [3.8, 4) is 28.7 Å². The molecule has 5 aromatic rings. The number of benzene rings is 2. The number of likely N-dealkylation sites (tertiary alicyclic amines) is 2. The van der Waals surface area contributed by atoms with Gasteiger partial charge in [-0.1, -0.05) is 54.6 Å². The Balaban J connectivity index is 1.10. The molecular formula is C36H36N6O2. The summed E-state index contributed by atoms with van der Waals surface area (Å²) >= 11 is 0. The maximum absolute atomic E-state index is 14.3. The molecule has 1 aliphatic carbocycles. The summed E-state index contributed by atoms with van der Waals surface area (Å²) in [6.07, 6.45) is 11.5. The molecule has 0 bridgehead atoms. The molecule has 2 aromatic carbocycles. The van der Waals surface area contributed by atoms with Crippen LogP contribution in [0.25, 0.3) is 28.7 Å². The van der Waals surface area contributed by atoms with Crippen molar-refractivity contribution in [2.75, 3.05) is 26.2 Å². The van der Waals surface area contributed by atoms with E-state index in [2.05, 4.69) is 53.4 Å². The van der Waals surface area contributed by atoms with Gasteiger partial charge in [-0.15, -0.1) is 0 Å². The lowest BCUT2D eigenvalue weighted by Crippen LogP contribution is -2.53. The molecule has 1 unspecified atom stereocenters. The second kappa shape index (κ2) is 11.2. The average molecular weight is 585 g/mol. The number of hydrogen-bond acceptors (Lipinski definition) is 6. The lowest BCUT2D eigenvalue weighted by Gasteiger charge is -2.48. The zero-order valence-corrected chi connectivity index (χ0v) is 24.9. The molecule has 1 atom stereocenters. The van der Waals surface area contributed by atoms with E-state index >= 15 is 0 Å². The van der Waals surface area contributed by atoms with Gasteiger partial charge in [-0.2, -0.15) is 9.78 Å². The number of rotatable bonds is 5. The van der Waals surface area contributed by atoms with Gasteiger partial charge in [0.1, 0.15) is 5.69 Å². The lowest BCUT2D eigenvalue weighted by molar-refractivity contribution is 0.0114. The molecule has 2 aliphatic heterocycles. The second-order valence-corrected chi connectivity index (χ2v) is 12.6. The quantitative estimate of drug-likeness (QED) is 0.245. The number of aryl methyl sites for hydroxylation is 2. The molecule has 0 radical (unpaired) electrons. The van der Waals surface area contributed by atoms with Gasteiger partial charge < -0.3 is 9.32 Å². The predicted octanol–water partition coefficient (Wildman–Crippen LogP) is 6.21. The third-order valence-electron chi connectivity index (χ3n) is 9.67. The van der Waals surface area contributed by atoms with Crippen molar-refractivity contribution in [3.63, 3.8) is 0 Å². The number of nitrogens with zero attached hydrogens (tertiary/aromatic N) is 6. The van der Waals surface area contributed by atoms with Crippen LogP contribution in [0.1, 0.15) is 52.7 Å². The number of piperidine rings is 2. The first-order chi connectivity index (χ1) is 21.7. The van der Waals surface area contributed by atoms with Gasteiger partial charge in [-0.3, -0.25) is 9.69 Å². The first-order valence-electron chi connectivity index (χ1n) is 15.8. The van der Waals surface area contributed by atoms with Crippen LogP contribution in [0.15, 0.2) is 89.8 Å². The summed E-state index contributed by atoms with van der Waals surface area (Å²) in [5, 5.41) is 4.70. The van der Waals surface area contributed by atoms with Gasteiger partial charge >= 0.3 is 0 Å². The van der Waals surface area contributed by atoms with Crippen molar-refractivity contribution >= 4 is 5.91 Å². The van der Waals surface area contributed by atoms with Crippen LogP contribution in [0.5, 0.6) is 0 Å². The normalized spacial score (nSPS) is 20.0. The zero-order chi connectivity index (χ0) is 29.5. The van der Waals surface area contributed by atoms with E-state index in [1.165, 1.54) is 11.1 Å². The Morgan fingerprint density at radius 2 is 1.68 bits per heavy atom. The van der Waals surface area contributed by atoms with Gasteiger partial charge in [0.25, 0.3) is 11.9 Å². The van der Waals surface area contributed by atoms with E-state index in [1.807, 2.05) is 29.3 Å². The molecule has 5 heterocycles. The maximum atomic E-state index is 14.3. The molecule has 2 fully saturated rings. The third kappa shape index (κ3) is 4.93. The highest BCUT2D eigenvalue weighted by molar-refractivity contribution is 5.99. The fourth-order valence-electron chi connectivity index (χ4n) is 7.63. The SMILES string of the molecule is O=C(c1cnn(-c2ncc3c(n2)-c2ccccc2CC3)c1-c1ccco1)N1CCCC2(CCCN(Cc3ccccc3)C2)C1. The molecule has 0 N–H and O–H groups in total. The number of carbonyl (C=O) groups is 1. The molecule has 3 aliphatic rings. The van der Waals surface area contributed by atoms with E-state index < -0.39 is 0 Å².